The molecular formula is C31H38N4O4S. The topological polar surface area (TPSA) is 90.0 Å². The number of carbonyl (C=O) groups excluding carboxylic acids is 1. The van der Waals surface area contributed by atoms with Gasteiger partial charge < -0.3 is 20.1 Å². The van der Waals surface area contributed by atoms with Crippen LogP contribution in [-0.2, 0) is 16.3 Å². The molecule has 40 heavy (non-hydrogen) atoms. The van der Waals surface area contributed by atoms with Gasteiger partial charge in [-0.1, -0.05) is 19.9 Å². The van der Waals surface area contributed by atoms with Crippen LogP contribution >= 0.6 is 11.3 Å². The second kappa shape index (κ2) is 12.8. The molecule has 1 aliphatic rings. The molecule has 1 atom stereocenters. The molecule has 9 heteroatoms. The second-order valence-corrected chi connectivity index (χ2v) is 11.6. The first kappa shape index (κ1) is 28.1. The lowest BCUT2D eigenvalue weighted by Crippen LogP contribution is -2.46. The third kappa shape index (κ3) is 6.49. The van der Waals surface area contributed by atoms with Crippen LogP contribution in [-0.4, -0.2) is 60.8 Å². The predicted molar refractivity (Wildman–Crippen MR) is 162 cm³/mol. The normalized spacial score (nSPS) is 15.2. The zero-order valence-corrected chi connectivity index (χ0v) is 24.1. The minimum Gasteiger partial charge on any atom is -0.494 e. The van der Waals surface area contributed by atoms with E-state index in [1.54, 1.807) is 17.4 Å². The van der Waals surface area contributed by atoms with Gasteiger partial charge in [0, 0.05) is 54.1 Å². The molecule has 4 aromatic rings. The first-order valence-corrected chi connectivity index (χ1v) is 14.9. The van der Waals surface area contributed by atoms with E-state index in [-0.39, 0.29) is 18.2 Å². The van der Waals surface area contributed by atoms with Crippen LogP contribution in [0.15, 0.2) is 64.8 Å². The lowest BCUT2D eigenvalue weighted by Gasteiger charge is -2.36. The number of carbonyl (C=O) groups is 1. The maximum Gasteiger partial charge on any atom is 0.324 e. The highest BCUT2D eigenvalue weighted by atomic mass is 32.1. The molecule has 0 radical (unpaired) electrons. The highest BCUT2D eigenvalue weighted by molar-refractivity contribution is 7.17. The zero-order chi connectivity index (χ0) is 28.1. The van der Waals surface area contributed by atoms with Crippen LogP contribution in [0.5, 0.6) is 5.75 Å². The average molecular weight is 563 g/mol. The Labute approximate surface area is 238 Å². The van der Waals surface area contributed by atoms with Crippen molar-refractivity contribution in [3.63, 3.8) is 0 Å². The third-order valence-electron chi connectivity index (χ3n) is 7.61. The number of hydrogen-bond acceptors (Lipinski definition) is 8. The van der Waals surface area contributed by atoms with Crippen LogP contribution in [0.3, 0.4) is 0 Å². The second-order valence-electron chi connectivity index (χ2n) is 10.7. The summed E-state index contributed by atoms with van der Waals surface area (Å²) in [6.07, 6.45) is 2.00. The Bertz CT molecular complexity index is 1510. The molecule has 0 spiro atoms. The Morgan fingerprint density at radius 3 is 2.62 bits per heavy atom. The minimum absolute atomic E-state index is 0.0480. The monoisotopic (exact) mass is 562 g/mol. The van der Waals surface area contributed by atoms with Gasteiger partial charge in [0.15, 0.2) is 6.73 Å². The first-order chi connectivity index (χ1) is 19.4. The van der Waals surface area contributed by atoms with Crippen molar-refractivity contribution in [1.82, 2.24) is 9.47 Å². The van der Waals surface area contributed by atoms with Gasteiger partial charge in [-0.25, -0.2) is 0 Å². The highest BCUT2D eigenvalue weighted by Gasteiger charge is 2.20. The van der Waals surface area contributed by atoms with E-state index < -0.39 is 12.0 Å². The van der Waals surface area contributed by atoms with Crippen molar-refractivity contribution in [2.45, 2.75) is 39.5 Å². The molecule has 5 rings (SSSR count). The largest absolute Gasteiger partial charge is 0.494 e. The van der Waals surface area contributed by atoms with Crippen molar-refractivity contribution < 1.29 is 14.3 Å². The van der Waals surface area contributed by atoms with E-state index in [0.717, 1.165) is 51.0 Å². The fourth-order valence-corrected chi connectivity index (χ4v) is 5.89. The van der Waals surface area contributed by atoms with Gasteiger partial charge in [-0.15, -0.1) is 11.3 Å². The Kier molecular flexibility index (Phi) is 9.04. The Balaban J connectivity index is 1.09. The van der Waals surface area contributed by atoms with Crippen molar-refractivity contribution in [3.05, 3.63) is 70.3 Å². The van der Waals surface area contributed by atoms with Crippen molar-refractivity contribution in [2.24, 2.45) is 11.7 Å². The molecule has 2 aromatic heterocycles. The third-order valence-corrected chi connectivity index (χ3v) is 8.50. The van der Waals surface area contributed by atoms with E-state index in [1.165, 1.54) is 26.4 Å². The van der Waals surface area contributed by atoms with Gasteiger partial charge in [0.05, 0.1) is 12.1 Å². The molecule has 0 aliphatic carbocycles. The average Bonchev–Trinajstić information content (AvgIpc) is 3.45. The number of ether oxygens (including phenoxy) is 2. The van der Waals surface area contributed by atoms with Crippen LogP contribution in [0.25, 0.3) is 21.0 Å². The van der Waals surface area contributed by atoms with Gasteiger partial charge in [0.1, 0.15) is 11.8 Å². The summed E-state index contributed by atoms with van der Waals surface area (Å²) in [6, 6.07) is 17.0. The molecule has 1 fully saturated rings. The number of anilines is 1. The number of pyridine rings is 1. The van der Waals surface area contributed by atoms with Gasteiger partial charge in [-0.2, -0.15) is 0 Å². The molecule has 2 aromatic carbocycles. The summed E-state index contributed by atoms with van der Waals surface area (Å²) in [5.41, 5.74) is 7.65. The number of aromatic nitrogens is 1. The van der Waals surface area contributed by atoms with Gasteiger partial charge in [-0.3, -0.25) is 19.1 Å². The van der Waals surface area contributed by atoms with Crippen molar-refractivity contribution in [3.8, 4) is 5.75 Å². The summed E-state index contributed by atoms with van der Waals surface area (Å²) in [6.45, 7) is 9.40. The van der Waals surface area contributed by atoms with Gasteiger partial charge >= 0.3 is 5.97 Å². The fraction of sp³-hybridized carbons (Fsp3) is 0.419. The smallest absolute Gasteiger partial charge is 0.324 e. The van der Waals surface area contributed by atoms with E-state index in [9.17, 15) is 9.59 Å². The van der Waals surface area contributed by atoms with E-state index in [0.29, 0.717) is 17.9 Å². The molecule has 0 amide bonds. The number of nitrogens with zero attached hydrogens (tertiary/aromatic N) is 3. The van der Waals surface area contributed by atoms with Crippen molar-refractivity contribution in [1.29, 1.82) is 0 Å². The Morgan fingerprint density at radius 2 is 1.82 bits per heavy atom. The lowest BCUT2D eigenvalue weighted by atomic mass is 10.1. The molecule has 0 saturated carbocycles. The van der Waals surface area contributed by atoms with Crippen LogP contribution in [0, 0.1) is 5.92 Å². The van der Waals surface area contributed by atoms with Crippen molar-refractivity contribution >= 4 is 44.0 Å². The Morgan fingerprint density at radius 1 is 1.02 bits per heavy atom. The molecular weight excluding hydrogens is 524 g/mol. The number of piperazine rings is 1. The number of fused-ring (bicyclic) bond motifs is 2. The molecule has 2 N–H and O–H groups in total. The van der Waals surface area contributed by atoms with Crippen LogP contribution in [0.2, 0.25) is 0 Å². The number of hydrogen-bond donors (Lipinski definition) is 1. The van der Waals surface area contributed by atoms with Gasteiger partial charge in [0.25, 0.3) is 5.56 Å². The minimum atomic E-state index is -0.727. The quantitative estimate of drug-likeness (QED) is 0.210. The molecule has 1 saturated heterocycles. The number of unbranched alkanes of at least 4 members (excludes halogenated alkanes) is 1. The summed E-state index contributed by atoms with van der Waals surface area (Å²) >= 11 is 1.80. The number of benzene rings is 2. The van der Waals surface area contributed by atoms with Gasteiger partial charge in [-0.05, 0) is 72.5 Å². The summed E-state index contributed by atoms with van der Waals surface area (Å²) in [5, 5.41) is 4.40. The first-order valence-electron chi connectivity index (χ1n) is 14.0. The fourth-order valence-electron chi connectivity index (χ4n) is 5.08. The number of nitrogens with two attached hydrogens (primary N) is 1. The molecule has 3 heterocycles. The standard InChI is InChI=1S/C31H38N4O4S/c1-22(2)30(32)31(37)39-21-35-27-20-24(10-8-23(27)9-11-29(35)36)38-18-4-3-13-33-14-16-34(17-15-33)26-6-5-7-28-25(26)12-19-40-28/h5-12,19-20,22,30H,3-4,13-18,21,32H2,1-2H3. The molecule has 212 valence electrons. The van der Waals surface area contributed by atoms with E-state index in [4.69, 9.17) is 15.2 Å². The van der Waals surface area contributed by atoms with Crippen LogP contribution < -0.4 is 20.9 Å². The number of esters is 1. The molecule has 1 aliphatic heterocycles. The van der Waals surface area contributed by atoms with Crippen molar-refractivity contribution in [2.75, 3.05) is 44.2 Å². The molecule has 1 unspecified atom stereocenters. The van der Waals surface area contributed by atoms with E-state index in [1.807, 2.05) is 32.0 Å². The zero-order valence-electron chi connectivity index (χ0n) is 23.3. The Hall–Kier alpha value is -3.40. The summed E-state index contributed by atoms with van der Waals surface area (Å²) in [5.74, 6) is 0.119. The van der Waals surface area contributed by atoms with Gasteiger partial charge in [0.2, 0.25) is 0 Å². The van der Waals surface area contributed by atoms with E-state index in [2.05, 4.69) is 39.4 Å². The predicted octanol–water partition coefficient (Wildman–Crippen LogP) is 4.68. The van der Waals surface area contributed by atoms with Crippen LogP contribution in [0.4, 0.5) is 5.69 Å². The maximum atomic E-state index is 12.5. The summed E-state index contributed by atoms with van der Waals surface area (Å²) in [4.78, 5) is 29.8. The van der Waals surface area contributed by atoms with E-state index >= 15 is 0 Å². The summed E-state index contributed by atoms with van der Waals surface area (Å²) in [7, 11) is 0. The summed E-state index contributed by atoms with van der Waals surface area (Å²) < 4.78 is 14.2. The SMILES string of the molecule is CC(C)C(N)C(=O)OCn1c(=O)ccc2ccc(OCCCCN3CCN(c4cccc5sccc45)CC3)cc21. The number of rotatable bonds is 11. The number of thiophene rings is 1. The maximum absolute atomic E-state index is 12.5. The molecule has 8 nitrogen and oxygen atoms in total. The highest BCUT2D eigenvalue weighted by Crippen LogP contribution is 2.31. The molecule has 0 bridgehead atoms. The lowest BCUT2D eigenvalue weighted by molar-refractivity contribution is -0.150. The van der Waals surface area contributed by atoms with Crippen LogP contribution in [0.1, 0.15) is 26.7 Å².